The molecule has 1 aromatic carbocycles. The van der Waals surface area contributed by atoms with E-state index in [1.165, 1.54) is 11.3 Å². The summed E-state index contributed by atoms with van der Waals surface area (Å²) in [6.45, 7) is 3.19. The molecule has 5 nitrogen and oxygen atoms in total. The maximum atomic E-state index is 12.6. The minimum Gasteiger partial charge on any atom is -0.512 e. The molecule has 0 saturated heterocycles. The molecule has 2 aromatic heterocycles. The van der Waals surface area contributed by atoms with Crippen LogP contribution in [0, 0.1) is 6.92 Å². The average molecular weight is 350 g/mol. The van der Waals surface area contributed by atoms with Crippen LogP contribution in [0.5, 0.6) is 0 Å². The first kappa shape index (κ1) is 15.6. The van der Waals surface area contributed by atoms with E-state index in [9.17, 15) is 9.90 Å². The maximum Gasteiger partial charge on any atom is 0.271 e. The van der Waals surface area contributed by atoms with Crippen molar-refractivity contribution in [2.24, 2.45) is 0 Å². The number of rotatable bonds is 1. The number of anilines is 1. The van der Waals surface area contributed by atoms with Crippen molar-refractivity contribution in [3.8, 4) is 11.1 Å². The van der Waals surface area contributed by atoms with Crippen LogP contribution in [0.25, 0.3) is 22.5 Å². The molecule has 3 aromatic rings. The third kappa shape index (κ3) is 2.33. The van der Waals surface area contributed by atoms with Gasteiger partial charge in [0, 0.05) is 16.1 Å². The highest BCUT2D eigenvalue weighted by molar-refractivity contribution is 6.33. The highest BCUT2D eigenvalue weighted by Gasteiger charge is 2.20. The van der Waals surface area contributed by atoms with Gasteiger partial charge < -0.3 is 10.8 Å². The molecule has 3 N–H and O–H groups in total. The lowest BCUT2D eigenvalue weighted by Crippen LogP contribution is -2.35. The molecule has 7 heteroatoms. The second-order valence-corrected chi connectivity index (χ2v) is 6.01. The van der Waals surface area contributed by atoms with Gasteiger partial charge in [-0.15, -0.1) is 0 Å². The lowest BCUT2D eigenvalue weighted by atomic mass is 10.1. The monoisotopic (exact) mass is 349 g/mol. The number of aromatic nitrogens is 2. The predicted molar refractivity (Wildman–Crippen MR) is 93.0 cm³/mol. The fourth-order valence-corrected chi connectivity index (χ4v) is 3.18. The first-order valence-electron chi connectivity index (χ1n) is 6.78. The maximum absolute atomic E-state index is 12.6. The van der Waals surface area contributed by atoms with E-state index in [2.05, 4.69) is 4.98 Å². The first-order chi connectivity index (χ1) is 10.8. The van der Waals surface area contributed by atoms with E-state index >= 15 is 0 Å². The lowest BCUT2D eigenvalue weighted by Gasteiger charge is -2.01. The van der Waals surface area contributed by atoms with Gasteiger partial charge in [0.2, 0.25) is 0 Å². The van der Waals surface area contributed by atoms with Crippen LogP contribution >= 0.6 is 23.2 Å². The number of benzene rings is 1. The lowest BCUT2D eigenvalue weighted by molar-refractivity contribution is 0.498. The van der Waals surface area contributed by atoms with Gasteiger partial charge in [-0.3, -0.25) is 4.79 Å². The third-order valence-corrected chi connectivity index (χ3v) is 4.33. The number of hydrogen-bond acceptors (Lipinski definition) is 4. The van der Waals surface area contributed by atoms with Crippen LogP contribution in [0.4, 0.5) is 5.82 Å². The summed E-state index contributed by atoms with van der Waals surface area (Å²) in [5.41, 5.74) is 7.90. The van der Waals surface area contributed by atoms with Gasteiger partial charge in [0.05, 0.1) is 0 Å². The zero-order valence-electron chi connectivity index (χ0n) is 12.4. The molecule has 0 fully saturated rings. The highest BCUT2D eigenvalue weighted by atomic mass is 35.5. The van der Waals surface area contributed by atoms with E-state index in [4.69, 9.17) is 28.9 Å². The standard InChI is InChI=1S/C16H13Cl2N3O2/c1-7-11(9-3-5-10(17)6-4-9)13(18)21-15(7)20-14(19)12(8(2)22)16(21)23/h3-6,22H,1-2H3,(H2,19,20)/b12-8-. The Labute approximate surface area is 141 Å². The second-order valence-electron chi connectivity index (χ2n) is 5.22. The summed E-state index contributed by atoms with van der Waals surface area (Å²) in [6, 6.07) is 7.11. The Bertz CT molecular complexity index is 1040. The van der Waals surface area contributed by atoms with Gasteiger partial charge in [-0.05, 0) is 31.5 Å². The summed E-state index contributed by atoms with van der Waals surface area (Å²) in [7, 11) is 0. The van der Waals surface area contributed by atoms with Gasteiger partial charge >= 0.3 is 0 Å². The summed E-state index contributed by atoms with van der Waals surface area (Å²) in [4.78, 5) is 16.9. The summed E-state index contributed by atoms with van der Waals surface area (Å²) in [6.07, 6.45) is 0. The molecule has 0 saturated carbocycles. The van der Waals surface area contributed by atoms with E-state index in [1.807, 2.05) is 19.1 Å². The Morgan fingerprint density at radius 1 is 1.26 bits per heavy atom. The van der Waals surface area contributed by atoms with Crippen LogP contribution in [0.3, 0.4) is 0 Å². The van der Waals surface area contributed by atoms with Crippen LogP contribution in [-0.4, -0.2) is 14.5 Å². The quantitative estimate of drug-likeness (QED) is 0.707. The van der Waals surface area contributed by atoms with E-state index in [0.29, 0.717) is 16.2 Å². The zero-order valence-corrected chi connectivity index (χ0v) is 13.9. The minimum atomic E-state index is -0.499. The highest BCUT2D eigenvalue weighted by Crippen LogP contribution is 2.34. The predicted octanol–water partition coefficient (Wildman–Crippen LogP) is 2.96. The summed E-state index contributed by atoms with van der Waals surface area (Å²) >= 11 is 12.3. The van der Waals surface area contributed by atoms with Crippen molar-refractivity contribution in [1.29, 1.82) is 0 Å². The summed E-state index contributed by atoms with van der Waals surface area (Å²) < 4.78 is 1.26. The number of aliphatic hydroxyl groups excluding tert-OH is 1. The fourth-order valence-electron chi connectivity index (χ4n) is 2.64. The molecule has 0 unspecified atom stereocenters. The van der Waals surface area contributed by atoms with E-state index in [0.717, 1.165) is 11.1 Å². The van der Waals surface area contributed by atoms with Crippen molar-refractivity contribution < 1.29 is 5.11 Å². The van der Waals surface area contributed by atoms with Crippen LogP contribution in [0.15, 0.2) is 29.1 Å². The molecule has 0 spiro atoms. The number of nitrogens with zero attached hydrogens (tertiary/aromatic N) is 2. The van der Waals surface area contributed by atoms with Crippen molar-refractivity contribution >= 4 is 40.4 Å². The van der Waals surface area contributed by atoms with Crippen LogP contribution in [0.1, 0.15) is 12.5 Å². The fraction of sp³-hybridized carbons (Fsp3) is 0.125. The van der Waals surface area contributed by atoms with Gasteiger partial charge in [-0.1, -0.05) is 35.3 Å². The summed E-state index contributed by atoms with van der Waals surface area (Å²) in [5.74, 6) is -0.222. The Balaban J connectivity index is 2.49. The average Bonchev–Trinajstić information content (AvgIpc) is 2.71. The van der Waals surface area contributed by atoms with E-state index in [-0.39, 0.29) is 21.9 Å². The van der Waals surface area contributed by atoms with Gasteiger partial charge in [0.15, 0.2) is 0 Å². The summed E-state index contributed by atoms with van der Waals surface area (Å²) in [5, 5.41) is 10.5. The molecule has 2 heterocycles. The van der Waals surface area contributed by atoms with Crippen molar-refractivity contribution in [2.45, 2.75) is 13.8 Å². The molecular formula is C16H13Cl2N3O2. The van der Waals surface area contributed by atoms with Crippen LogP contribution in [-0.2, 0) is 0 Å². The molecule has 23 heavy (non-hydrogen) atoms. The zero-order chi connectivity index (χ0) is 16.9. The number of nitrogens with two attached hydrogens (primary N) is 1. The number of nitrogen functional groups attached to an aromatic ring is 1. The number of fused-ring (bicyclic) bond motifs is 1. The second kappa shape index (κ2) is 5.44. The first-order valence-corrected chi connectivity index (χ1v) is 7.54. The number of aryl methyl sites for hydroxylation is 1. The normalized spacial score (nSPS) is 12.7. The molecule has 0 aliphatic heterocycles. The molecule has 118 valence electrons. The molecule has 0 amide bonds. The van der Waals surface area contributed by atoms with Crippen molar-refractivity contribution in [2.75, 3.05) is 5.73 Å². The topological polar surface area (TPSA) is 80.6 Å². The third-order valence-electron chi connectivity index (χ3n) is 3.72. The SMILES string of the molecule is C/C(O)=c1\c(N)nc2c(C)c(-c3ccc(Cl)cc3)c(Cl)n2c1=O. The molecule has 0 radical (unpaired) electrons. The smallest absolute Gasteiger partial charge is 0.271 e. The molecule has 0 aliphatic carbocycles. The van der Waals surface area contributed by atoms with Crippen molar-refractivity contribution in [3.63, 3.8) is 0 Å². The van der Waals surface area contributed by atoms with Crippen LogP contribution < -0.4 is 16.5 Å². The van der Waals surface area contributed by atoms with Crippen LogP contribution in [0.2, 0.25) is 10.2 Å². The van der Waals surface area contributed by atoms with Gasteiger partial charge in [-0.25, -0.2) is 9.38 Å². The van der Waals surface area contributed by atoms with E-state index < -0.39 is 5.56 Å². The molecule has 0 aliphatic rings. The van der Waals surface area contributed by atoms with Gasteiger partial charge in [-0.2, -0.15) is 0 Å². The Morgan fingerprint density at radius 3 is 2.43 bits per heavy atom. The van der Waals surface area contributed by atoms with E-state index in [1.54, 1.807) is 12.1 Å². The van der Waals surface area contributed by atoms with Crippen molar-refractivity contribution in [3.05, 3.63) is 55.6 Å². The Hall–Kier alpha value is -2.24. The van der Waals surface area contributed by atoms with Gasteiger partial charge in [0.1, 0.15) is 27.6 Å². The molecule has 0 atom stereocenters. The number of halogens is 2. The molecular weight excluding hydrogens is 337 g/mol. The molecule has 3 rings (SSSR count). The number of hydrogen-bond donors (Lipinski definition) is 2. The van der Waals surface area contributed by atoms with Gasteiger partial charge in [0.25, 0.3) is 5.56 Å². The van der Waals surface area contributed by atoms with Crippen molar-refractivity contribution in [1.82, 2.24) is 9.38 Å². The Kier molecular flexibility index (Phi) is 3.70. The Morgan fingerprint density at radius 2 is 1.87 bits per heavy atom. The molecule has 0 bridgehead atoms. The minimum absolute atomic E-state index is 0.0255. The largest absolute Gasteiger partial charge is 0.512 e. The number of aliphatic hydroxyl groups is 1.